The Morgan fingerprint density at radius 2 is 2.11 bits per heavy atom. The number of nitrogens with zero attached hydrogens (tertiary/aromatic N) is 1. The number of anilines is 1. The van der Waals surface area contributed by atoms with Gasteiger partial charge in [0.25, 0.3) is 0 Å². The summed E-state index contributed by atoms with van der Waals surface area (Å²) in [5.74, 6) is 0.0418. The second-order valence-corrected chi connectivity index (χ2v) is 4.73. The Hall–Kier alpha value is -1.58. The summed E-state index contributed by atoms with van der Waals surface area (Å²) in [6.45, 7) is 2.12. The predicted molar refractivity (Wildman–Crippen MR) is 70.4 cm³/mol. The summed E-state index contributed by atoms with van der Waals surface area (Å²) >= 11 is 0. The third-order valence-electron chi connectivity index (χ3n) is 3.44. The Morgan fingerprint density at radius 1 is 1.39 bits per heavy atom. The first-order chi connectivity index (χ1) is 8.72. The average Bonchev–Trinajstić information content (AvgIpc) is 2.40. The van der Waals surface area contributed by atoms with Crippen LogP contribution in [-0.4, -0.2) is 17.6 Å². The van der Waals surface area contributed by atoms with Gasteiger partial charge in [0.1, 0.15) is 0 Å². The number of pyridine rings is 1. The third-order valence-corrected chi connectivity index (χ3v) is 3.44. The molecule has 4 nitrogen and oxygen atoms in total. The van der Waals surface area contributed by atoms with Gasteiger partial charge >= 0.3 is 5.97 Å². The van der Waals surface area contributed by atoms with E-state index in [1.54, 1.807) is 13.0 Å². The number of hydrogen-bond donors (Lipinski definition) is 1. The molecule has 0 unspecified atom stereocenters. The number of rotatable bonds is 3. The molecule has 0 spiro atoms. The molecule has 0 aliphatic heterocycles. The standard InChI is InChI=1S/C14H20N2O2/c1-2-18-14(17)13-11(15)8-9-12(16-13)10-6-4-3-5-7-10/h8-10H,2-7,15H2,1H3. The lowest BCUT2D eigenvalue weighted by atomic mass is 9.86. The zero-order chi connectivity index (χ0) is 13.0. The molecular formula is C14H20N2O2. The molecule has 0 atom stereocenters. The van der Waals surface area contributed by atoms with E-state index in [0.29, 0.717) is 18.2 Å². The molecule has 1 saturated carbocycles. The normalized spacial score (nSPS) is 16.5. The number of ether oxygens (including phenoxy) is 1. The summed E-state index contributed by atoms with van der Waals surface area (Å²) < 4.78 is 4.97. The molecule has 1 aromatic heterocycles. The Bertz CT molecular complexity index is 426. The summed E-state index contributed by atoms with van der Waals surface area (Å²) in [7, 11) is 0. The summed E-state index contributed by atoms with van der Waals surface area (Å²) in [5.41, 5.74) is 7.43. The maximum Gasteiger partial charge on any atom is 0.359 e. The van der Waals surface area contributed by atoms with Gasteiger partial charge in [-0.3, -0.25) is 0 Å². The Kier molecular flexibility index (Phi) is 4.18. The smallest absolute Gasteiger partial charge is 0.359 e. The monoisotopic (exact) mass is 248 g/mol. The molecule has 1 aliphatic carbocycles. The van der Waals surface area contributed by atoms with Crippen LogP contribution in [0.2, 0.25) is 0 Å². The Morgan fingerprint density at radius 3 is 2.78 bits per heavy atom. The van der Waals surface area contributed by atoms with Crippen LogP contribution >= 0.6 is 0 Å². The summed E-state index contributed by atoms with van der Waals surface area (Å²) in [5, 5.41) is 0. The van der Waals surface area contributed by atoms with Crippen LogP contribution < -0.4 is 5.73 Å². The lowest BCUT2D eigenvalue weighted by Gasteiger charge is -2.21. The van der Waals surface area contributed by atoms with Crippen LogP contribution in [0.15, 0.2) is 12.1 Å². The zero-order valence-electron chi connectivity index (χ0n) is 10.8. The minimum atomic E-state index is -0.423. The summed E-state index contributed by atoms with van der Waals surface area (Å²) in [4.78, 5) is 16.2. The highest BCUT2D eigenvalue weighted by molar-refractivity contribution is 5.92. The van der Waals surface area contributed by atoms with Gasteiger partial charge in [-0.1, -0.05) is 19.3 Å². The van der Waals surface area contributed by atoms with Crippen LogP contribution in [0.3, 0.4) is 0 Å². The van der Waals surface area contributed by atoms with E-state index in [2.05, 4.69) is 4.98 Å². The number of nitrogen functional groups attached to an aromatic ring is 1. The van der Waals surface area contributed by atoms with Gasteiger partial charge in [-0.05, 0) is 31.9 Å². The molecule has 2 N–H and O–H groups in total. The minimum absolute atomic E-state index is 0.264. The number of carbonyl (C=O) groups is 1. The van der Waals surface area contributed by atoms with E-state index in [0.717, 1.165) is 18.5 Å². The maximum absolute atomic E-state index is 11.7. The highest BCUT2D eigenvalue weighted by Gasteiger charge is 2.20. The van der Waals surface area contributed by atoms with Crippen molar-refractivity contribution in [2.75, 3.05) is 12.3 Å². The third kappa shape index (κ3) is 2.81. The van der Waals surface area contributed by atoms with Gasteiger partial charge < -0.3 is 10.5 Å². The average molecular weight is 248 g/mol. The number of aromatic nitrogens is 1. The molecule has 0 aromatic carbocycles. The van der Waals surface area contributed by atoms with Gasteiger partial charge in [0.15, 0.2) is 5.69 Å². The molecule has 1 aromatic rings. The van der Waals surface area contributed by atoms with E-state index >= 15 is 0 Å². The molecular weight excluding hydrogens is 228 g/mol. The van der Waals surface area contributed by atoms with Crippen molar-refractivity contribution < 1.29 is 9.53 Å². The lowest BCUT2D eigenvalue weighted by Crippen LogP contribution is -2.14. The van der Waals surface area contributed by atoms with Crippen LogP contribution in [-0.2, 0) is 4.74 Å². The molecule has 0 radical (unpaired) electrons. The number of carbonyl (C=O) groups excluding carboxylic acids is 1. The minimum Gasteiger partial charge on any atom is -0.461 e. The fourth-order valence-corrected chi connectivity index (χ4v) is 2.47. The molecule has 0 saturated heterocycles. The van der Waals surface area contributed by atoms with Gasteiger partial charge in [-0.25, -0.2) is 9.78 Å². The second-order valence-electron chi connectivity index (χ2n) is 4.73. The van der Waals surface area contributed by atoms with E-state index in [1.165, 1.54) is 19.3 Å². The van der Waals surface area contributed by atoms with E-state index in [4.69, 9.17) is 10.5 Å². The van der Waals surface area contributed by atoms with Crippen molar-refractivity contribution >= 4 is 11.7 Å². The molecule has 1 heterocycles. The van der Waals surface area contributed by atoms with Crippen molar-refractivity contribution in [3.05, 3.63) is 23.5 Å². The first-order valence-electron chi connectivity index (χ1n) is 6.66. The molecule has 1 fully saturated rings. The van der Waals surface area contributed by atoms with Crippen LogP contribution in [0.1, 0.15) is 61.1 Å². The van der Waals surface area contributed by atoms with Gasteiger partial charge in [0, 0.05) is 11.6 Å². The topological polar surface area (TPSA) is 65.2 Å². The first-order valence-corrected chi connectivity index (χ1v) is 6.66. The van der Waals surface area contributed by atoms with Gasteiger partial charge in [-0.2, -0.15) is 0 Å². The zero-order valence-corrected chi connectivity index (χ0v) is 10.8. The SMILES string of the molecule is CCOC(=O)c1nc(C2CCCCC2)ccc1N. The van der Waals surface area contributed by atoms with Crippen molar-refractivity contribution in [2.24, 2.45) is 0 Å². The fourth-order valence-electron chi connectivity index (χ4n) is 2.47. The van der Waals surface area contributed by atoms with E-state index in [9.17, 15) is 4.79 Å². The molecule has 4 heteroatoms. The quantitative estimate of drug-likeness (QED) is 0.835. The van der Waals surface area contributed by atoms with Crippen molar-refractivity contribution in [1.82, 2.24) is 4.98 Å². The van der Waals surface area contributed by atoms with Crippen LogP contribution in [0, 0.1) is 0 Å². The number of nitrogens with two attached hydrogens (primary N) is 1. The molecule has 0 bridgehead atoms. The maximum atomic E-state index is 11.7. The van der Waals surface area contributed by atoms with E-state index < -0.39 is 5.97 Å². The number of hydrogen-bond acceptors (Lipinski definition) is 4. The molecule has 98 valence electrons. The summed E-state index contributed by atoms with van der Waals surface area (Å²) in [6, 6.07) is 3.71. The van der Waals surface area contributed by atoms with Crippen LogP contribution in [0.4, 0.5) is 5.69 Å². The Labute approximate surface area is 108 Å². The highest BCUT2D eigenvalue weighted by Crippen LogP contribution is 2.32. The fraction of sp³-hybridized carbons (Fsp3) is 0.571. The Balaban J connectivity index is 2.22. The molecule has 2 rings (SSSR count). The van der Waals surface area contributed by atoms with Crippen molar-refractivity contribution in [3.63, 3.8) is 0 Å². The van der Waals surface area contributed by atoms with Crippen LogP contribution in [0.25, 0.3) is 0 Å². The first kappa shape index (κ1) is 12.9. The molecule has 0 amide bonds. The predicted octanol–water partition coefficient (Wildman–Crippen LogP) is 2.89. The lowest BCUT2D eigenvalue weighted by molar-refractivity contribution is 0.0520. The van der Waals surface area contributed by atoms with Gasteiger partial charge in [0.05, 0.1) is 12.3 Å². The molecule has 1 aliphatic rings. The molecule has 18 heavy (non-hydrogen) atoms. The van der Waals surface area contributed by atoms with Crippen molar-refractivity contribution in [3.8, 4) is 0 Å². The van der Waals surface area contributed by atoms with Crippen LogP contribution in [0.5, 0.6) is 0 Å². The van der Waals surface area contributed by atoms with Crippen molar-refractivity contribution in [2.45, 2.75) is 44.9 Å². The second kappa shape index (κ2) is 5.85. The number of esters is 1. The van der Waals surface area contributed by atoms with Crippen molar-refractivity contribution in [1.29, 1.82) is 0 Å². The van der Waals surface area contributed by atoms with Gasteiger partial charge in [0.2, 0.25) is 0 Å². The van der Waals surface area contributed by atoms with E-state index in [1.807, 2.05) is 6.07 Å². The highest BCUT2D eigenvalue weighted by atomic mass is 16.5. The largest absolute Gasteiger partial charge is 0.461 e. The van der Waals surface area contributed by atoms with E-state index in [-0.39, 0.29) is 5.69 Å². The van der Waals surface area contributed by atoms with Gasteiger partial charge in [-0.15, -0.1) is 0 Å². The summed E-state index contributed by atoms with van der Waals surface area (Å²) in [6.07, 6.45) is 6.09.